The van der Waals surface area contributed by atoms with Gasteiger partial charge in [0.1, 0.15) is 0 Å². The molecular weight excluding hydrogens is 324 g/mol. The Morgan fingerprint density at radius 3 is 1.38 bits per heavy atom. The molecule has 4 heteroatoms. The van der Waals surface area contributed by atoms with E-state index in [1.807, 2.05) is 36.4 Å². The van der Waals surface area contributed by atoms with E-state index in [0.717, 1.165) is 37.6 Å². The topological polar surface area (TPSA) is 40.6 Å². The molecule has 2 aliphatic rings. The van der Waals surface area contributed by atoms with E-state index in [2.05, 4.69) is 34.1 Å². The van der Waals surface area contributed by atoms with Crippen molar-refractivity contribution in [1.82, 2.24) is 9.80 Å². The molecular formula is C22H20N2O2. The van der Waals surface area contributed by atoms with Gasteiger partial charge in [0.05, 0.1) is 11.4 Å². The van der Waals surface area contributed by atoms with Crippen molar-refractivity contribution in [3.05, 3.63) is 95.3 Å². The summed E-state index contributed by atoms with van der Waals surface area (Å²) in [7, 11) is 0. The van der Waals surface area contributed by atoms with Crippen molar-refractivity contribution in [3.63, 3.8) is 0 Å². The van der Waals surface area contributed by atoms with Crippen LogP contribution in [0.5, 0.6) is 0 Å². The van der Waals surface area contributed by atoms with Crippen LogP contribution in [0.25, 0.3) is 0 Å². The van der Waals surface area contributed by atoms with Crippen molar-refractivity contribution < 1.29 is 9.59 Å². The SMILES string of the molecule is O=C1C=C2C(=CC1=O)N(Cc1ccccc1)CCN2Cc1ccccc1. The molecule has 0 bridgehead atoms. The highest BCUT2D eigenvalue weighted by atomic mass is 16.2. The Hall–Kier alpha value is -3.14. The third-order valence-corrected chi connectivity index (χ3v) is 4.79. The first-order valence-corrected chi connectivity index (χ1v) is 8.80. The minimum absolute atomic E-state index is 0.441. The average molecular weight is 344 g/mol. The predicted molar refractivity (Wildman–Crippen MR) is 99.9 cm³/mol. The van der Waals surface area contributed by atoms with E-state index in [0.29, 0.717) is 0 Å². The van der Waals surface area contributed by atoms with Gasteiger partial charge >= 0.3 is 0 Å². The lowest BCUT2D eigenvalue weighted by Crippen LogP contribution is -2.44. The number of piperazine rings is 1. The molecule has 0 aromatic heterocycles. The predicted octanol–water partition coefficient (Wildman–Crippen LogP) is 2.92. The standard InChI is InChI=1S/C22H20N2O2/c25-21-13-19-20(14-22(21)26)24(16-18-9-5-2-6-10-18)12-11-23(19)15-17-7-3-1-4-8-17/h1-10,13-14H,11-12,15-16H2. The molecule has 0 unspecified atom stereocenters. The smallest absolute Gasteiger partial charge is 0.227 e. The van der Waals surface area contributed by atoms with Gasteiger partial charge in [0.25, 0.3) is 0 Å². The Morgan fingerprint density at radius 2 is 1.00 bits per heavy atom. The van der Waals surface area contributed by atoms with Gasteiger partial charge in [0.15, 0.2) is 0 Å². The van der Waals surface area contributed by atoms with Gasteiger partial charge in [0, 0.05) is 38.3 Å². The number of rotatable bonds is 4. The van der Waals surface area contributed by atoms with Crippen LogP contribution in [-0.2, 0) is 22.7 Å². The lowest BCUT2D eigenvalue weighted by atomic mass is 10.0. The summed E-state index contributed by atoms with van der Waals surface area (Å²) in [5.74, 6) is -0.883. The van der Waals surface area contributed by atoms with Gasteiger partial charge in [-0.2, -0.15) is 0 Å². The van der Waals surface area contributed by atoms with E-state index in [4.69, 9.17) is 0 Å². The summed E-state index contributed by atoms with van der Waals surface area (Å²) in [4.78, 5) is 28.4. The fourth-order valence-electron chi connectivity index (χ4n) is 3.46. The molecule has 0 atom stereocenters. The summed E-state index contributed by atoms with van der Waals surface area (Å²) < 4.78 is 0. The van der Waals surface area contributed by atoms with Crippen molar-refractivity contribution in [2.75, 3.05) is 13.1 Å². The molecule has 26 heavy (non-hydrogen) atoms. The molecule has 4 nitrogen and oxygen atoms in total. The van der Waals surface area contributed by atoms with Gasteiger partial charge in [0.2, 0.25) is 11.6 Å². The number of benzene rings is 2. The minimum Gasteiger partial charge on any atom is -0.364 e. The van der Waals surface area contributed by atoms with Gasteiger partial charge in [-0.15, -0.1) is 0 Å². The summed E-state index contributed by atoms with van der Waals surface area (Å²) in [5.41, 5.74) is 4.07. The molecule has 0 N–H and O–H groups in total. The second-order valence-electron chi connectivity index (χ2n) is 6.60. The van der Waals surface area contributed by atoms with Crippen LogP contribution in [-0.4, -0.2) is 34.5 Å². The lowest BCUT2D eigenvalue weighted by molar-refractivity contribution is -0.131. The van der Waals surface area contributed by atoms with Crippen LogP contribution in [0.1, 0.15) is 11.1 Å². The number of nitrogens with zero attached hydrogens (tertiary/aromatic N) is 2. The quantitative estimate of drug-likeness (QED) is 0.632. The monoisotopic (exact) mass is 344 g/mol. The normalized spacial score (nSPS) is 16.9. The first-order chi connectivity index (χ1) is 12.7. The van der Waals surface area contributed by atoms with Crippen molar-refractivity contribution in [3.8, 4) is 0 Å². The number of allylic oxidation sites excluding steroid dienone is 2. The van der Waals surface area contributed by atoms with Crippen LogP contribution in [0.15, 0.2) is 84.2 Å². The second kappa shape index (κ2) is 7.00. The Kier molecular flexibility index (Phi) is 4.40. The highest BCUT2D eigenvalue weighted by molar-refractivity contribution is 6.46. The zero-order valence-electron chi connectivity index (χ0n) is 14.5. The number of carbonyl (C=O) groups excluding carboxylic acids is 2. The lowest BCUT2D eigenvalue weighted by Gasteiger charge is -2.42. The van der Waals surface area contributed by atoms with Crippen molar-refractivity contribution >= 4 is 11.6 Å². The number of fused-ring (bicyclic) bond motifs is 1. The van der Waals surface area contributed by atoms with Crippen LogP contribution < -0.4 is 0 Å². The summed E-state index contributed by atoms with van der Waals surface area (Å²) in [5, 5.41) is 0. The Bertz CT molecular complexity index is 809. The maximum atomic E-state index is 12.0. The molecule has 4 rings (SSSR count). The van der Waals surface area contributed by atoms with E-state index in [1.54, 1.807) is 0 Å². The van der Waals surface area contributed by atoms with Gasteiger partial charge in [-0.1, -0.05) is 60.7 Å². The van der Waals surface area contributed by atoms with Crippen LogP contribution in [0.2, 0.25) is 0 Å². The summed E-state index contributed by atoms with van der Waals surface area (Å²) in [6, 6.07) is 20.4. The number of hydrogen-bond acceptors (Lipinski definition) is 4. The van der Waals surface area contributed by atoms with E-state index >= 15 is 0 Å². The van der Waals surface area contributed by atoms with E-state index in [9.17, 15) is 9.59 Å². The van der Waals surface area contributed by atoms with E-state index in [-0.39, 0.29) is 0 Å². The van der Waals surface area contributed by atoms with Crippen LogP contribution in [0.4, 0.5) is 0 Å². The summed E-state index contributed by atoms with van der Waals surface area (Å²) in [6.07, 6.45) is 3.00. The Labute approximate surface area is 153 Å². The molecule has 1 aliphatic carbocycles. The molecule has 1 fully saturated rings. The Balaban J connectivity index is 1.61. The van der Waals surface area contributed by atoms with Gasteiger partial charge in [-0.25, -0.2) is 0 Å². The highest BCUT2D eigenvalue weighted by Gasteiger charge is 2.31. The molecule has 130 valence electrons. The molecule has 0 saturated carbocycles. The van der Waals surface area contributed by atoms with E-state index < -0.39 is 11.6 Å². The van der Waals surface area contributed by atoms with Crippen LogP contribution >= 0.6 is 0 Å². The zero-order valence-corrected chi connectivity index (χ0v) is 14.5. The molecule has 2 aromatic rings. The van der Waals surface area contributed by atoms with Crippen molar-refractivity contribution in [1.29, 1.82) is 0 Å². The molecule has 1 aliphatic heterocycles. The number of hydrogen-bond donors (Lipinski definition) is 0. The number of carbonyl (C=O) groups is 2. The van der Waals surface area contributed by atoms with E-state index in [1.165, 1.54) is 23.3 Å². The molecule has 2 aromatic carbocycles. The molecule has 1 saturated heterocycles. The fraction of sp³-hybridized carbons (Fsp3) is 0.182. The zero-order chi connectivity index (χ0) is 17.9. The van der Waals surface area contributed by atoms with Crippen LogP contribution in [0, 0.1) is 0 Å². The third kappa shape index (κ3) is 3.31. The molecule has 0 spiro atoms. The van der Waals surface area contributed by atoms with Gasteiger partial charge in [-0.05, 0) is 11.1 Å². The van der Waals surface area contributed by atoms with Crippen LogP contribution in [0.3, 0.4) is 0 Å². The first kappa shape index (κ1) is 16.3. The van der Waals surface area contributed by atoms with Gasteiger partial charge in [-0.3, -0.25) is 9.59 Å². The van der Waals surface area contributed by atoms with Gasteiger partial charge < -0.3 is 9.80 Å². The maximum Gasteiger partial charge on any atom is 0.227 e. The molecule has 0 amide bonds. The minimum atomic E-state index is -0.441. The number of ketones is 2. The Morgan fingerprint density at radius 1 is 0.615 bits per heavy atom. The van der Waals surface area contributed by atoms with Crippen molar-refractivity contribution in [2.24, 2.45) is 0 Å². The maximum absolute atomic E-state index is 12.0. The summed E-state index contributed by atoms with van der Waals surface area (Å²) >= 11 is 0. The van der Waals surface area contributed by atoms with Crippen molar-refractivity contribution in [2.45, 2.75) is 13.1 Å². The largest absolute Gasteiger partial charge is 0.364 e. The first-order valence-electron chi connectivity index (χ1n) is 8.80. The third-order valence-electron chi connectivity index (χ3n) is 4.79. The molecule has 1 heterocycles. The average Bonchev–Trinajstić information content (AvgIpc) is 2.67. The summed E-state index contributed by atoms with van der Waals surface area (Å²) in [6.45, 7) is 3.08. The highest BCUT2D eigenvalue weighted by Crippen LogP contribution is 2.30. The fourth-order valence-corrected chi connectivity index (χ4v) is 3.46. The second-order valence-corrected chi connectivity index (χ2v) is 6.60. The molecule has 0 radical (unpaired) electrons.